The van der Waals surface area contributed by atoms with Crippen LogP contribution < -0.4 is 5.32 Å². The molecule has 1 N–H and O–H groups in total. The van der Waals surface area contributed by atoms with Crippen molar-refractivity contribution in [1.29, 1.82) is 0 Å². The first-order valence-corrected chi connectivity index (χ1v) is 12.5. The van der Waals surface area contributed by atoms with Gasteiger partial charge in [0.25, 0.3) is 0 Å². The molecule has 34 heavy (non-hydrogen) atoms. The number of methoxy groups -OCH3 is 1. The van der Waals surface area contributed by atoms with Gasteiger partial charge in [-0.2, -0.15) is 0 Å². The van der Waals surface area contributed by atoms with E-state index >= 15 is 0 Å². The molecule has 1 aliphatic rings. The van der Waals surface area contributed by atoms with Gasteiger partial charge in [-0.3, -0.25) is 14.3 Å². The van der Waals surface area contributed by atoms with E-state index in [9.17, 15) is 4.79 Å². The molecule has 4 rings (SSSR count). The molecular formula is C25H31N5O3S. The molecule has 3 aromatic rings. The lowest BCUT2D eigenvalue weighted by molar-refractivity contribution is -0.119. The molecule has 8 nitrogen and oxygen atoms in total. The second-order valence-corrected chi connectivity index (χ2v) is 9.07. The average molecular weight is 482 g/mol. The van der Waals surface area contributed by atoms with Crippen molar-refractivity contribution in [3.05, 3.63) is 66.2 Å². The predicted molar refractivity (Wildman–Crippen MR) is 133 cm³/mol. The van der Waals surface area contributed by atoms with E-state index in [1.807, 2.05) is 41.0 Å². The molecule has 2 heterocycles. The molecule has 1 aliphatic heterocycles. The number of ether oxygens (including phenoxy) is 2. The van der Waals surface area contributed by atoms with Crippen molar-refractivity contribution in [2.24, 2.45) is 0 Å². The Hall–Kier alpha value is -2.72. The Morgan fingerprint density at radius 2 is 1.91 bits per heavy atom. The van der Waals surface area contributed by atoms with E-state index in [0.29, 0.717) is 31.5 Å². The van der Waals surface area contributed by atoms with Crippen molar-refractivity contribution < 1.29 is 14.3 Å². The maximum atomic E-state index is 12.6. The topological polar surface area (TPSA) is 81.5 Å². The fourth-order valence-corrected chi connectivity index (χ4v) is 4.67. The van der Waals surface area contributed by atoms with E-state index in [-0.39, 0.29) is 17.8 Å². The number of carbonyl (C=O) groups excluding carboxylic acids is 1. The number of hydrogen-bond acceptors (Lipinski definition) is 7. The highest BCUT2D eigenvalue weighted by molar-refractivity contribution is 7.99. The van der Waals surface area contributed by atoms with Gasteiger partial charge in [0.15, 0.2) is 11.0 Å². The Bertz CT molecular complexity index is 1030. The summed E-state index contributed by atoms with van der Waals surface area (Å²) < 4.78 is 13.1. The first kappa shape index (κ1) is 24.4. The Balaban J connectivity index is 1.27. The van der Waals surface area contributed by atoms with Crippen LogP contribution >= 0.6 is 11.8 Å². The summed E-state index contributed by atoms with van der Waals surface area (Å²) in [5.74, 6) is 0.992. The van der Waals surface area contributed by atoms with Gasteiger partial charge in [0.05, 0.1) is 31.6 Å². The van der Waals surface area contributed by atoms with E-state index in [1.54, 1.807) is 7.11 Å². The van der Waals surface area contributed by atoms with Crippen molar-refractivity contribution in [3.8, 4) is 11.4 Å². The van der Waals surface area contributed by atoms with E-state index < -0.39 is 0 Å². The number of nitrogens with one attached hydrogen (secondary N) is 1. The van der Waals surface area contributed by atoms with Gasteiger partial charge in [0.2, 0.25) is 5.91 Å². The van der Waals surface area contributed by atoms with Crippen molar-refractivity contribution >= 4 is 17.7 Å². The smallest absolute Gasteiger partial charge is 0.230 e. The number of thioether (sulfide) groups is 1. The number of carbonyl (C=O) groups is 1. The number of aromatic nitrogens is 3. The number of rotatable bonds is 11. The van der Waals surface area contributed by atoms with Gasteiger partial charge in [-0.1, -0.05) is 72.4 Å². The van der Waals surface area contributed by atoms with Crippen LogP contribution in [0.25, 0.3) is 11.4 Å². The van der Waals surface area contributed by atoms with Gasteiger partial charge in [-0.15, -0.1) is 10.2 Å². The molecule has 0 spiro atoms. The number of nitrogens with zero attached hydrogens (tertiary/aromatic N) is 4. The Labute approximate surface area is 204 Å². The highest BCUT2D eigenvalue weighted by Gasteiger charge is 2.21. The third-order valence-corrected chi connectivity index (χ3v) is 6.57. The lowest BCUT2D eigenvalue weighted by Crippen LogP contribution is -2.47. The summed E-state index contributed by atoms with van der Waals surface area (Å²) in [4.78, 5) is 14.9. The molecule has 9 heteroatoms. The molecule has 1 fully saturated rings. The second kappa shape index (κ2) is 12.7. The van der Waals surface area contributed by atoms with Gasteiger partial charge in [-0.25, -0.2) is 0 Å². The summed E-state index contributed by atoms with van der Waals surface area (Å²) in [5, 5.41) is 12.4. The van der Waals surface area contributed by atoms with Crippen molar-refractivity contribution in [2.75, 3.05) is 45.7 Å². The SMILES string of the molecule is COCCn1c(SCC(=O)NCC2CN(Cc3ccccc3)CCO2)nnc1-c1ccccc1. The summed E-state index contributed by atoms with van der Waals surface area (Å²) in [6.07, 6.45) is -0.0125. The third kappa shape index (κ3) is 6.89. The van der Waals surface area contributed by atoms with Crippen LogP contribution in [0.15, 0.2) is 65.8 Å². The Morgan fingerprint density at radius 1 is 1.15 bits per heavy atom. The zero-order chi connectivity index (χ0) is 23.6. The number of hydrogen-bond donors (Lipinski definition) is 1. The largest absolute Gasteiger partial charge is 0.383 e. The standard InChI is InChI=1S/C25H31N5O3S/c1-32-14-13-30-24(21-10-6-3-7-11-21)27-28-25(30)34-19-23(31)26-16-22-18-29(12-15-33-22)17-20-8-4-2-5-9-20/h2-11,22H,12-19H2,1H3,(H,26,31). The molecule has 0 saturated carbocycles. The predicted octanol–water partition coefficient (Wildman–Crippen LogP) is 2.70. The Kier molecular flexibility index (Phi) is 9.09. The summed E-state index contributed by atoms with van der Waals surface area (Å²) in [6, 6.07) is 20.3. The van der Waals surface area contributed by atoms with Crippen LogP contribution in [0.1, 0.15) is 5.56 Å². The first-order chi connectivity index (χ1) is 16.7. The minimum Gasteiger partial charge on any atom is -0.383 e. The van der Waals surface area contributed by atoms with Crippen LogP contribution in [0.5, 0.6) is 0 Å². The fraction of sp³-hybridized carbons (Fsp3) is 0.400. The van der Waals surface area contributed by atoms with E-state index in [4.69, 9.17) is 9.47 Å². The number of benzene rings is 2. The molecule has 1 atom stereocenters. The molecular weight excluding hydrogens is 450 g/mol. The van der Waals surface area contributed by atoms with E-state index in [0.717, 1.165) is 31.0 Å². The summed E-state index contributed by atoms with van der Waals surface area (Å²) >= 11 is 1.38. The molecule has 1 saturated heterocycles. The lowest BCUT2D eigenvalue weighted by atomic mass is 10.2. The zero-order valence-corrected chi connectivity index (χ0v) is 20.2. The summed E-state index contributed by atoms with van der Waals surface area (Å²) in [5.41, 5.74) is 2.27. The second-order valence-electron chi connectivity index (χ2n) is 8.12. The van der Waals surface area contributed by atoms with Gasteiger partial charge >= 0.3 is 0 Å². The van der Waals surface area contributed by atoms with E-state index in [1.165, 1.54) is 17.3 Å². The molecule has 1 amide bonds. The zero-order valence-electron chi connectivity index (χ0n) is 19.4. The third-order valence-electron chi connectivity index (χ3n) is 5.60. The van der Waals surface area contributed by atoms with Gasteiger partial charge in [0, 0.05) is 38.9 Å². The maximum Gasteiger partial charge on any atom is 0.230 e. The Morgan fingerprint density at radius 3 is 2.68 bits per heavy atom. The molecule has 180 valence electrons. The minimum atomic E-state index is -0.0451. The van der Waals surface area contributed by atoms with Crippen LogP contribution in [0, 0.1) is 0 Å². The number of amides is 1. The van der Waals surface area contributed by atoms with Crippen LogP contribution in [0.4, 0.5) is 0 Å². The van der Waals surface area contributed by atoms with Gasteiger partial charge in [-0.05, 0) is 5.56 Å². The van der Waals surface area contributed by atoms with Crippen molar-refractivity contribution in [2.45, 2.75) is 24.3 Å². The van der Waals surface area contributed by atoms with Gasteiger partial charge in [0.1, 0.15) is 0 Å². The highest BCUT2D eigenvalue weighted by Crippen LogP contribution is 2.23. The van der Waals surface area contributed by atoms with Crippen molar-refractivity contribution in [3.63, 3.8) is 0 Å². The lowest BCUT2D eigenvalue weighted by Gasteiger charge is -2.33. The first-order valence-electron chi connectivity index (χ1n) is 11.5. The van der Waals surface area contributed by atoms with Crippen LogP contribution in [-0.2, 0) is 27.4 Å². The van der Waals surface area contributed by atoms with Crippen LogP contribution in [0.3, 0.4) is 0 Å². The quantitative estimate of drug-likeness (QED) is 0.422. The van der Waals surface area contributed by atoms with E-state index in [2.05, 4.69) is 44.7 Å². The number of morpholine rings is 1. The fourth-order valence-electron chi connectivity index (χ4n) is 3.88. The average Bonchev–Trinajstić information content (AvgIpc) is 3.29. The highest BCUT2D eigenvalue weighted by atomic mass is 32.2. The van der Waals surface area contributed by atoms with Crippen LogP contribution in [0.2, 0.25) is 0 Å². The maximum absolute atomic E-state index is 12.6. The molecule has 1 aromatic heterocycles. The molecule has 1 unspecified atom stereocenters. The van der Waals surface area contributed by atoms with Crippen molar-refractivity contribution in [1.82, 2.24) is 25.0 Å². The monoisotopic (exact) mass is 481 g/mol. The normalized spacial score (nSPS) is 16.4. The summed E-state index contributed by atoms with van der Waals surface area (Å²) in [6.45, 7) is 4.92. The summed E-state index contributed by atoms with van der Waals surface area (Å²) in [7, 11) is 1.67. The minimum absolute atomic E-state index is 0.0125. The van der Waals surface area contributed by atoms with Crippen LogP contribution in [-0.4, -0.2) is 77.4 Å². The molecule has 0 aliphatic carbocycles. The van der Waals surface area contributed by atoms with Gasteiger partial charge < -0.3 is 14.8 Å². The molecule has 0 bridgehead atoms. The molecule has 2 aromatic carbocycles. The molecule has 0 radical (unpaired) electrons.